The van der Waals surface area contributed by atoms with Crippen LogP contribution in [-0.2, 0) is 21.2 Å². The molecule has 0 amide bonds. The number of para-hydroxylation sites is 1. The van der Waals surface area contributed by atoms with Gasteiger partial charge < -0.3 is 9.84 Å². The minimum atomic E-state index is -0.446. The first-order valence-corrected chi connectivity index (χ1v) is 13.5. The van der Waals surface area contributed by atoms with E-state index in [9.17, 15) is 5.11 Å². The maximum Gasteiger partial charge on any atom is 0.220 e. The second-order valence-corrected chi connectivity index (χ2v) is 10.2. The quantitative estimate of drug-likeness (QED) is 0.164. The Kier molecular flexibility index (Phi) is 12.3. The molecular formula is C33H29NNiO2P-. The standard InChI is InChI=1S/C18H15P.C9H9NO2.C6H5.Ni/c1-4-10-16(11-5-1)19(17-12-6-2-7-13-17)18-14-8-3-9-15-18;11-8-4-2-1-3-7(8)9-10-5-6-12-9;1-2-4-6-5-3-1;/h1-15H;1-4,11H,5-6H2;1-5H;/q;;-1;. The Bertz CT molecular complexity index is 1230. The van der Waals surface area contributed by atoms with Crippen LogP contribution < -0.4 is 15.9 Å². The Morgan fingerprint density at radius 3 is 1.42 bits per heavy atom. The summed E-state index contributed by atoms with van der Waals surface area (Å²) in [6.07, 6.45) is 0. The minimum Gasteiger partial charge on any atom is -0.507 e. The first kappa shape index (κ1) is 28.9. The summed E-state index contributed by atoms with van der Waals surface area (Å²) in [6.45, 7) is 1.30. The third-order valence-electron chi connectivity index (χ3n) is 5.37. The molecule has 0 saturated carbocycles. The molecule has 0 atom stereocenters. The van der Waals surface area contributed by atoms with Crippen LogP contribution in [0.1, 0.15) is 5.56 Å². The normalized spacial score (nSPS) is 11.4. The van der Waals surface area contributed by atoms with E-state index in [-0.39, 0.29) is 22.2 Å². The number of hydrogen-bond donors (Lipinski definition) is 1. The molecule has 1 aliphatic rings. The zero-order chi connectivity index (χ0) is 25.5. The molecule has 0 saturated heterocycles. The van der Waals surface area contributed by atoms with Crippen LogP contribution in [0.5, 0.6) is 5.75 Å². The zero-order valence-electron chi connectivity index (χ0n) is 20.8. The summed E-state index contributed by atoms with van der Waals surface area (Å²) in [7, 11) is -0.446. The maximum absolute atomic E-state index is 9.41. The van der Waals surface area contributed by atoms with Gasteiger partial charge in [0, 0.05) is 16.5 Å². The van der Waals surface area contributed by atoms with Gasteiger partial charge in [0.25, 0.3) is 0 Å². The Morgan fingerprint density at radius 1 is 0.605 bits per heavy atom. The van der Waals surface area contributed by atoms with Crippen molar-refractivity contribution in [3.05, 3.63) is 157 Å². The molecule has 1 aliphatic heterocycles. The molecule has 0 radical (unpaired) electrons. The monoisotopic (exact) mass is 560 g/mol. The first-order valence-electron chi connectivity index (χ1n) is 12.1. The van der Waals surface area contributed by atoms with Crippen molar-refractivity contribution in [1.29, 1.82) is 0 Å². The van der Waals surface area contributed by atoms with Crippen LogP contribution in [0.4, 0.5) is 0 Å². The summed E-state index contributed by atoms with van der Waals surface area (Å²) in [5.74, 6) is 0.770. The first-order chi connectivity index (χ1) is 18.3. The molecule has 1 heterocycles. The van der Waals surface area contributed by atoms with Gasteiger partial charge in [0.2, 0.25) is 5.90 Å². The van der Waals surface area contributed by atoms with Crippen LogP contribution in [0.3, 0.4) is 0 Å². The van der Waals surface area contributed by atoms with Gasteiger partial charge in [-0.25, -0.2) is 4.99 Å². The van der Waals surface area contributed by atoms with Gasteiger partial charge in [0.05, 0.1) is 12.1 Å². The fourth-order valence-corrected chi connectivity index (χ4v) is 5.98. The minimum absolute atomic E-state index is 0. The van der Waals surface area contributed by atoms with Crippen molar-refractivity contribution in [2.24, 2.45) is 4.99 Å². The van der Waals surface area contributed by atoms with E-state index >= 15 is 0 Å². The van der Waals surface area contributed by atoms with E-state index in [1.165, 1.54) is 15.9 Å². The zero-order valence-corrected chi connectivity index (χ0v) is 22.7. The number of benzene rings is 5. The van der Waals surface area contributed by atoms with Gasteiger partial charge in [-0.15, -0.1) is 0 Å². The molecule has 0 fully saturated rings. The van der Waals surface area contributed by atoms with Crippen LogP contribution in [0.2, 0.25) is 0 Å². The van der Waals surface area contributed by atoms with E-state index in [1.807, 2.05) is 36.4 Å². The molecule has 0 unspecified atom stereocenters. The average molecular weight is 561 g/mol. The molecule has 5 aromatic carbocycles. The fourth-order valence-electron chi connectivity index (χ4n) is 3.67. The summed E-state index contributed by atoms with van der Waals surface area (Å²) in [5, 5.41) is 13.6. The van der Waals surface area contributed by atoms with Gasteiger partial charge in [-0.3, -0.25) is 0 Å². The van der Waals surface area contributed by atoms with Gasteiger partial charge in [0.1, 0.15) is 12.4 Å². The molecule has 0 spiro atoms. The number of ether oxygens (including phenoxy) is 1. The number of phenolic OH excluding ortho intramolecular Hbond substituents is 1. The van der Waals surface area contributed by atoms with Gasteiger partial charge in [-0.1, -0.05) is 103 Å². The number of rotatable bonds is 4. The van der Waals surface area contributed by atoms with Gasteiger partial charge in [0.15, 0.2) is 0 Å². The van der Waals surface area contributed by atoms with Crippen molar-refractivity contribution in [2.75, 3.05) is 13.2 Å². The fraction of sp³-hybridized carbons (Fsp3) is 0.0606. The Balaban J connectivity index is 0.000000179. The molecule has 5 heteroatoms. The van der Waals surface area contributed by atoms with Gasteiger partial charge >= 0.3 is 0 Å². The van der Waals surface area contributed by atoms with Crippen molar-refractivity contribution in [3.8, 4) is 5.75 Å². The number of phenols is 1. The predicted octanol–water partition coefficient (Wildman–Crippen LogP) is 6.10. The van der Waals surface area contributed by atoms with Gasteiger partial charge in [-0.05, 0) is 36.0 Å². The molecule has 1 N–H and O–H groups in total. The summed E-state index contributed by atoms with van der Waals surface area (Å²) in [6, 6.07) is 51.9. The SMILES string of the molecule is Oc1ccccc1C1=NCCO1.[Ni].[c-]1ccccc1.c1ccc(P(c2ccccc2)c2ccccc2)cc1. The largest absolute Gasteiger partial charge is 0.507 e. The van der Waals surface area contributed by atoms with Crippen molar-refractivity contribution < 1.29 is 26.3 Å². The van der Waals surface area contributed by atoms with Gasteiger partial charge in [-0.2, -0.15) is 36.4 Å². The van der Waals surface area contributed by atoms with Crippen LogP contribution in [0.25, 0.3) is 0 Å². The summed E-state index contributed by atoms with van der Waals surface area (Å²) >= 11 is 0. The molecule has 38 heavy (non-hydrogen) atoms. The Morgan fingerprint density at radius 2 is 1.05 bits per heavy atom. The molecule has 3 nitrogen and oxygen atoms in total. The van der Waals surface area contributed by atoms with E-state index in [2.05, 4.69) is 102 Å². The molecular weight excluding hydrogens is 532 g/mol. The molecule has 5 aromatic rings. The maximum atomic E-state index is 9.41. The van der Waals surface area contributed by atoms with Crippen molar-refractivity contribution >= 4 is 29.7 Å². The molecule has 6 rings (SSSR count). The number of nitrogens with zero attached hydrogens (tertiary/aromatic N) is 1. The smallest absolute Gasteiger partial charge is 0.220 e. The second kappa shape index (κ2) is 16.2. The van der Waals surface area contributed by atoms with Crippen LogP contribution in [0.15, 0.2) is 151 Å². The number of aliphatic imine (C=N–C) groups is 1. The summed E-state index contributed by atoms with van der Waals surface area (Å²) in [5.41, 5.74) is 0.676. The number of aromatic hydroxyl groups is 1. The van der Waals surface area contributed by atoms with Crippen LogP contribution in [-0.4, -0.2) is 24.2 Å². The molecule has 0 aromatic heterocycles. The van der Waals surface area contributed by atoms with Crippen molar-refractivity contribution in [1.82, 2.24) is 0 Å². The number of hydrogen-bond acceptors (Lipinski definition) is 3. The van der Waals surface area contributed by atoms with E-state index in [0.717, 1.165) is 0 Å². The molecule has 0 aliphatic carbocycles. The summed E-state index contributed by atoms with van der Waals surface area (Å²) in [4.78, 5) is 4.10. The van der Waals surface area contributed by atoms with E-state index in [4.69, 9.17) is 4.74 Å². The van der Waals surface area contributed by atoms with E-state index in [1.54, 1.807) is 18.2 Å². The topological polar surface area (TPSA) is 41.8 Å². The third kappa shape index (κ3) is 8.70. The Labute approximate surface area is 236 Å². The van der Waals surface area contributed by atoms with Crippen LogP contribution >= 0.6 is 7.92 Å². The molecule has 194 valence electrons. The summed E-state index contributed by atoms with van der Waals surface area (Å²) < 4.78 is 5.21. The van der Waals surface area contributed by atoms with E-state index in [0.29, 0.717) is 24.6 Å². The second-order valence-electron chi connectivity index (χ2n) is 7.97. The predicted molar refractivity (Wildman–Crippen MR) is 156 cm³/mol. The van der Waals surface area contributed by atoms with E-state index < -0.39 is 7.92 Å². The average Bonchev–Trinajstić information content (AvgIpc) is 3.52. The Hall–Kier alpha value is -3.71. The van der Waals surface area contributed by atoms with Crippen molar-refractivity contribution in [3.63, 3.8) is 0 Å². The third-order valence-corrected chi connectivity index (χ3v) is 7.81. The van der Waals surface area contributed by atoms with Crippen LogP contribution in [0, 0.1) is 6.07 Å². The molecule has 0 bridgehead atoms. The van der Waals surface area contributed by atoms with Crippen molar-refractivity contribution in [2.45, 2.75) is 0 Å².